The predicted octanol–water partition coefficient (Wildman–Crippen LogP) is 2.58. The van der Waals surface area contributed by atoms with Crippen LogP contribution in [0.15, 0.2) is 0 Å². The Morgan fingerprint density at radius 1 is 1.41 bits per heavy atom. The largest absolute Gasteiger partial charge is 0.378 e. The molecule has 0 aromatic heterocycles. The van der Waals surface area contributed by atoms with E-state index in [1.165, 1.54) is 19.3 Å². The topological polar surface area (TPSA) is 29.5 Å². The van der Waals surface area contributed by atoms with E-state index in [-0.39, 0.29) is 12.0 Å². The third-order valence-electron chi connectivity index (χ3n) is 4.02. The van der Waals surface area contributed by atoms with Gasteiger partial charge in [-0.1, -0.05) is 15.9 Å². The Morgan fingerprint density at radius 3 is 2.65 bits per heavy atom. The molecule has 1 saturated heterocycles. The molecule has 4 heteroatoms. The number of rotatable bonds is 5. The molecule has 17 heavy (non-hydrogen) atoms. The van der Waals surface area contributed by atoms with Crippen molar-refractivity contribution >= 4 is 21.8 Å². The van der Waals surface area contributed by atoms with E-state index in [2.05, 4.69) is 20.8 Å². The molecule has 0 spiro atoms. The molecule has 0 bridgehead atoms. The van der Waals surface area contributed by atoms with E-state index in [0.29, 0.717) is 11.9 Å². The molecule has 2 atom stereocenters. The fourth-order valence-electron chi connectivity index (χ4n) is 2.67. The van der Waals surface area contributed by atoms with Gasteiger partial charge in [0.15, 0.2) is 0 Å². The molecule has 3 nitrogen and oxygen atoms in total. The number of carbonyl (C=O) groups is 1. The van der Waals surface area contributed by atoms with Gasteiger partial charge in [-0.05, 0) is 39.0 Å². The second-order valence-corrected chi connectivity index (χ2v) is 5.92. The lowest BCUT2D eigenvalue weighted by atomic mass is 9.89. The second kappa shape index (κ2) is 6.19. The average Bonchev–Trinajstić information content (AvgIpc) is 2.67. The predicted molar refractivity (Wildman–Crippen MR) is 71.3 cm³/mol. The zero-order valence-electron chi connectivity index (χ0n) is 10.5. The fourth-order valence-corrected chi connectivity index (χ4v) is 2.92. The lowest BCUT2D eigenvalue weighted by Gasteiger charge is -2.39. The Balaban J connectivity index is 1.95. The van der Waals surface area contributed by atoms with E-state index in [0.717, 1.165) is 31.3 Å². The lowest BCUT2D eigenvalue weighted by Crippen LogP contribution is -2.48. The minimum absolute atomic E-state index is 0.103. The van der Waals surface area contributed by atoms with Crippen molar-refractivity contribution in [1.82, 2.24) is 4.90 Å². The molecule has 2 unspecified atom stereocenters. The SMILES string of the molecule is CC1OCCC1C(=O)N(CCCBr)C1CCC1. The van der Waals surface area contributed by atoms with Crippen molar-refractivity contribution < 1.29 is 9.53 Å². The summed E-state index contributed by atoms with van der Waals surface area (Å²) < 4.78 is 5.52. The number of nitrogens with zero attached hydrogens (tertiary/aromatic N) is 1. The first kappa shape index (κ1) is 13.3. The van der Waals surface area contributed by atoms with Gasteiger partial charge in [0.05, 0.1) is 12.0 Å². The molecule has 2 aliphatic rings. The number of hydrogen-bond donors (Lipinski definition) is 0. The summed E-state index contributed by atoms with van der Waals surface area (Å²) in [6.07, 6.45) is 5.71. The summed E-state index contributed by atoms with van der Waals surface area (Å²) in [6.45, 7) is 3.67. The molecule has 0 aromatic rings. The average molecular weight is 304 g/mol. The highest BCUT2D eigenvalue weighted by Crippen LogP contribution is 2.30. The first-order valence-electron chi connectivity index (χ1n) is 6.72. The number of ether oxygens (including phenoxy) is 1. The first-order chi connectivity index (χ1) is 8.24. The maximum absolute atomic E-state index is 12.5. The summed E-state index contributed by atoms with van der Waals surface area (Å²) in [4.78, 5) is 14.7. The Morgan fingerprint density at radius 2 is 2.18 bits per heavy atom. The summed E-state index contributed by atoms with van der Waals surface area (Å²) in [7, 11) is 0. The summed E-state index contributed by atoms with van der Waals surface area (Å²) in [5.74, 6) is 0.437. The highest BCUT2D eigenvalue weighted by molar-refractivity contribution is 9.09. The van der Waals surface area contributed by atoms with Crippen molar-refractivity contribution in [1.29, 1.82) is 0 Å². The molecule has 1 aliphatic carbocycles. The van der Waals surface area contributed by atoms with Gasteiger partial charge in [0.2, 0.25) is 5.91 Å². The van der Waals surface area contributed by atoms with Crippen LogP contribution in [-0.4, -0.2) is 41.4 Å². The molecular weight excluding hydrogens is 282 g/mol. The lowest BCUT2D eigenvalue weighted by molar-refractivity contribution is -0.141. The van der Waals surface area contributed by atoms with Crippen LogP contribution in [0.25, 0.3) is 0 Å². The van der Waals surface area contributed by atoms with Crippen molar-refractivity contribution in [2.75, 3.05) is 18.5 Å². The van der Waals surface area contributed by atoms with Gasteiger partial charge in [-0.2, -0.15) is 0 Å². The normalized spacial score (nSPS) is 29.1. The van der Waals surface area contributed by atoms with Crippen molar-refractivity contribution in [2.24, 2.45) is 5.92 Å². The minimum atomic E-state index is 0.103. The number of hydrogen-bond acceptors (Lipinski definition) is 2. The Hall–Kier alpha value is -0.0900. The van der Waals surface area contributed by atoms with Crippen LogP contribution in [-0.2, 0) is 9.53 Å². The molecule has 1 heterocycles. The van der Waals surface area contributed by atoms with E-state index >= 15 is 0 Å². The summed E-state index contributed by atoms with van der Waals surface area (Å²) >= 11 is 3.45. The van der Waals surface area contributed by atoms with Crippen LogP contribution in [0.4, 0.5) is 0 Å². The molecule has 0 N–H and O–H groups in total. The molecular formula is C13H22BrNO2. The van der Waals surface area contributed by atoms with Gasteiger partial charge < -0.3 is 9.64 Å². The van der Waals surface area contributed by atoms with Crippen molar-refractivity contribution in [3.63, 3.8) is 0 Å². The van der Waals surface area contributed by atoms with Crippen LogP contribution in [0.1, 0.15) is 39.0 Å². The molecule has 0 aromatic carbocycles. The number of amides is 1. The summed E-state index contributed by atoms with van der Waals surface area (Å²) in [5.41, 5.74) is 0. The van der Waals surface area contributed by atoms with Crippen LogP contribution >= 0.6 is 15.9 Å². The third kappa shape index (κ3) is 3.02. The highest BCUT2D eigenvalue weighted by atomic mass is 79.9. The Bertz CT molecular complexity index is 268. The third-order valence-corrected chi connectivity index (χ3v) is 4.59. The van der Waals surface area contributed by atoms with E-state index in [4.69, 9.17) is 4.74 Å². The monoisotopic (exact) mass is 303 g/mol. The quantitative estimate of drug-likeness (QED) is 0.731. The van der Waals surface area contributed by atoms with Crippen LogP contribution < -0.4 is 0 Å². The minimum Gasteiger partial charge on any atom is -0.378 e. The van der Waals surface area contributed by atoms with E-state index in [9.17, 15) is 4.79 Å². The highest BCUT2D eigenvalue weighted by Gasteiger charge is 2.37. The van der Waals surface area contributed by atoms with E-state index in [1.54, 1.807) is 0 Å². The van der Waals surface area contributed by atoms with Crippen LogP contribution in [0, 0.1) is 5.92 Å². The molecule has 1 saturated carbocycles. The van der Waals surface area contributed by atoms with Gasteiger partial charge in [0.25, 0.3) is 0 Å². The molecule has 98 valence electrons. The van der Waals surface area contributed by atoms with Gasteiger partial charge in [-0.25, -0.2) is 0 Å². The van der Waals surface area contributed by atoms with Gasteiger partial charge >= 0.3 is 0 Å². The zero-order chi connectivity index (χ0) is 12.3. The first-order valence-corrected chi connectivity index (χ1v) is 7.84. The number of carbonyl (C=O) groups excluding carboxylic acids is 1. The van der Waals surface area contributed by atoms with Gasteiger partial charge in [-0.3, -0.25) is 4.79 Å². The van der Waals surface area contributed by atoms with Crippen molar-refractivity contribution in [3.05, 3.63) is 0 Å². The maximum atomic E-state index is 12.5. The molecule has 0 radical (unpaired) electrons. The maximum Gasteiger partial charge on any atom is 0.228 e. The summed E-state index contributed by atoms with van der Waals surface area (Å²) in [6, 6.07) is 0.509. The van der Waals surface area contributed by atoms with Crippen LogP contribution in [0.2, 0.25) is 0 Å². The number of halogens is 1. The van der Waals surface area contributed by atoms with Crippen LogP contribution in [0.5, 0.6) is 0 Å². The van der Waals surface area contributed by atoms with E-state index < -0.39 is 0 Å². The number of alkyl halides is 1. The molecule has 2 rings (SSSR count). The molecule has 1 aliphatic heterocycles. The molecule has 1 amide bonds. The van der Waals surface area contributed by atoms with Crippen LogP contribution in [0.3, 0.4) is 0 Å². The summed E-state index contributed by atoms with van der Waals surface area (Å²) in [5, 5.41) is 0.972. The fraction of sp³-hybridized carbons (Fsp3) is 0.923. The molecule has 2 fully saturated rings. The Kier molecular flexibility index (Phi) is 4.86. The van der Waals surface area contributed by atoms with E-state index in [1.807, 2.05) is 6.92 Å². The Labute approximate surface area is 112 Å². The smallest absolute Gasteiger partial charge is 0.228 e. The van der Waals surface area contributed by atoms with Gasteiger partial charge in [-0.15, -0.1) is 0 Å². The zero-order valence-corrected chi connectivity index (χ0v) is 12.1. The van der Waals surface area contributed by atoms with Gasteiger partial charge in [0, 0.05) is 24.5 Å². The van der Waals surface area contributed by atoms with Gasteiger partial charge in [0.1, 0.15) is 0 Å². The second-order valence-electron chi connectivity index (χ2n) is 5.13. The van der Waals surface area contributed by atoms with Crippen molar-refractivity contribution in [2.45, 2.75) is 51.2 Å². The van der Waals surface area contributed by atoms with Crippen molar-refractivity contribution in [3.8, 4) is 0 Å². The standard InChI is InChI=1S/C13H22BrNO2/c1-10-12(6-9-17-10)13(16)15(8-3-7-14)11-4-2-5-11/h10-12H,2-9H2,1H3.